The first-order valence-corrected chi connectivity index (χ1v) is 5.70. The molecule has 0 fully saturated rings. The number of methoxy groups -OCH3 is 2. The van der Waals surface area contributed by atoms with Gasteiger partial charge in [-0.2, -0.15) is 0 Å². The third-order valence-corrected chi connectivity index (χ3v) is 2.56. The van der Waals surface area contributed by atoms with Crippen LogP contribution in [0.2, 0.25) is 0 Å². The van der Waals surface area contributed by atoms with E-state index in [2.05, 4.69) is 15.5 Å². The average Bonchev–Trinajstić information content (AvgIpc) is 2.41. The third-order valence-electron chi connectivity index (χ3n) is 2.56. The van der Waals surface area contributed by atoms with Gasteiger partial charge in [-0.25, -0.2) is 14.9 Å². The molecule has 0 aromatic rings. The molecule has 1 atom stereocenters. The van der Waals surface area contributed by atoms with Crippen molar-refractivity contribution in [3.05, 3.63) is 12.2 Å². The molecule has 0 radical (unpaired) electrons. The van der Waals surface area contributed by atoms with E-state index in [0.29, 0.717) is 32.1 Å². The van der Waals surface area contributed by atoms with Gasteiger partial charge >= 0.3 is 5.97 Å². The molecule has 0 rings (SSSR count). The average molecular weight is 256 g/mol. The van der Waals surface area contributed by atoms with Crippen molar-refractivity contribution < 1.29 is 24.4 Å². The second-order valence-electron chi connectivity index (χ2n) is 3.73. The van der Waals surface area contributed by atoms with Gasteiger partial charge in [0.15, 0.2) is 0 Å². The minimum absolute atomic E-state index is 0.415. The van der Waals surface area contributed by atoms with Crippen LogP contribution in [0.3, 0.4) is 0 Å². The number of carbonyl (C=O) groups is 1. The van der Waals surface area contributed by atoms with E-state index in [1.807, 2.05) is 0 Å². The molecule has 5 heteroatoms. The summed E-state index contributed by atoms with van der Waals surface area (Å²) >= 11 is 0. The Morgan fingerprint density at radius 3 is 2.67 bits per heavy atom. The van der Waals surface area contributed by atoms with Gasteiger partial charge in [-0.15, -0.1) is 12.3 Å². The Kier molecular flexibility index (Phi) is 8.93. The zero-order valence-electron chi connectivity index (χ0n) is 10.8. The van der Waals surface area contributed by atoms with Gasteiger partial charge in [-0.3, -0.25) is 0 Å². The number of hydrogen-bond donors (Lipinski definition) is 1. The van der Waals surface area contributed by atoms with E-state index in [-0.39, 0.29) is 0 Å². The quantitative estimate of drug-likeness (QED) is 0.130. The summed E-state index contributed by atoms with van der Waals surface area (Å²) in [5.74, 6) is 1.02. The van der Waals surface area contributed by atoms with Crippen molar-refractivity contribution in [3.8, 4) is 12.3 Å². The number of terminal acetylenes is 1. The molecule has 0 aliphatic rings. The van der Waals surface area contributed by atoms with Gasteiger partial charge in [0.1, 0.15) is 0 Å². The molecule has 1 unspecified atom stereocenters. The first-order valence-electron chi connectivity index (χ1n) is 5.70. The molecule has 0 spiro atoms. The Morgan fingerprint density at radius 1 is 1.44 bits per heavy atom. The largest absolute Gasteiger partial charge is 0.466 e. The minimum Gasteiger partial charge on any atom is -0.466 e. The normalized spacial score (nSPS) is 14.1. The van der Waals surface area contributed by atoms with E-state index in [0.717, 1.165) is 0 Å². The number of carbonyl (C=O) groups excluding carboxylic acids is 1. The summed E-state index contributed by atoms with van der Waals surface area (Å²) in [6, 6.07) is 0. The fourth-order valence-corrected chi connectivity index (χ4v) is 1.47. The molecule has 0 aliphatic heterocycles. The minimum atomic E-state index is -1.07. The number of rotatable bonds is 9. The smallest absolute Gasteiger partial charge is 0.330 e. The molecular formula is C13H20O5. The van der Waals surface area contributed by atoms with Crippen molar-refractivity contribution in [3.63, 3.8) is 0 Å². The fourth-order valence-electron chi connectivity index (χ4n) is 1.47. The zero-order chi connectivity index (χ0) is 13.9. The van der Waals surface area contributed by atoms with E-state index >= 15 is 0 Å². The van der Waals surface area contributed by atoms with Crippen LogP contribution in [0.1, 0.15) is 32.1 Å². The number of esters is 1. The lowest BCUT2D eigenvalue weighted by Gasteiger charge is -2.28. The van der Waals surface area contributed by atoms with Crippen molar-refractivity contribution in [1.82, 2.24) is 0 Å². The number of unbranched alkanes of at least 4 members (excludes halogenated alkanes) is 1. The molecule has 0 aromatic heterocycles. The van der Waals surface area contributed by atoms with Crippen molar-refractivity contribution >= 4 is 5.97 Å². The van der Waals surface area contributed by atoms with Crippen molar-refractivity contribution in [1.29, 1.82) is 0 Å². The number of hydrogen-bond acceptors (Lipinski definition) is 5. The molecule has 0 bridgehead atoms. The highest BCUT2D eigenvalue weighted by Gasteiger charge is 2.30. The highest BCUT2D eigenvalue weighted by Crippen LogP contribution is 2.25. The first kappa shape index (κ1) is 16.6. The van der Waals surface area contributed by atoms with Gasteiger partial charge in [0, 0.05) is 32.4 Å². The van der Waals surface area contributed by atoms with Crippen LogP contribution in [0.5, 0.6) is 0 Å². The van der Waals surface area contributed by atoms with Crippen LogP contribution in [-0.2, 0) is 19.2 Å². The van der Waals surface area contributed by atoms with E-state index in [9.17, 15) is 4.79 Å². The second-order valence-corrected chi connectivity index (χ2v) is 3.73. The molecular weight excluding hydrogens is 236 g/mol. The Bertz CT molecular complexity index is 299. The number of allylic oxidation sites excluding steroid dienone is 1. The molecule has 5 nitrogen and oxygen atoms in total. The summed E-state index contributed by atoms with van der Waals surface area (Å²) in [5, 5.41) is 8.94. The predicted molar refractivity (Wildman–Crippen MR) is 66.5 cm³/mol. The van der Waals surface area contributed by atoms with Gasteiger partial charge in [-0.05, 0) is 12.8 Å². The summed E-state index contributed by atoms with van der Waals surface area (Å²) in [7, 11) is 2.76. The van der Waals surface area contributed by atoms with Crippen LogP contribution in [0.4, 0.5) is 0 Å². The maximum atomic E-state index is 10.8. The maximum absolute atomic E-state index is 10.8. The van der Waals surface area contributed by atoms with Gasteiger partial charge in [0.05, 0.1) is 7.11 Å². The van der Waals surface area contributed by atoms with Crippen LogP contribution in [0.15, 0.2) is 12.2 Å². The highest BCUT2D eigenvalue weighted by atomic mass is 17.1. The molecule has 102 valence electrons. The lowest BCUT2D eigenvalue weighted by molar-refractivity contribution is -0.402. The molecule has 0 saturated heterocycles. The third kappa shape index (κ3) is 6.40. The molecule has 1 N–H and O–H groups in total. The molecule has 0 amide bonds. The Morgan fingerprint density at radius 2 is 2.17 bits per heavy atom. The standard InChI is InChI=1S/C13H20O5/c1-4-5-7-10-13(17-3,18-15)11-8-6-9-12(14)16-2/h1,6,9,15H,5,7-8,10-11H2,2-3H3/b9-6+. The van der Waals surface area contributed by atoms with Gasteiger partial charge in [0.25, 0.3) is 0 Å². The highest BCUT2D eigenvalue weighted by molar-refractivity contribution is 5.81. The maximum Gasteiger partial charge on any atom is 0.330 e. The topological polar surface area (TPSA) is 65.0 Å². The van der Waals surface area contributed by atoms with E-state index in [1.54, 1.807) is 6.08 Å². The Labute approximate surface area is 108 Å². The first-order chi connectivity index (χ1) is 8.64. The SMILES string of the molecule is C#CCCCC(CC/C=C/C(=O)OC)(OC)OO. The van der Waals surface area contributed by atoms with Gasteiger partial charge in [-0.1, -0.05) is 6.08 Å². The molecule has 0 aliphatic carbocycles. The van der Waals surface area contributed by atoms with Crippen molar-refractivity contribution in [2.24, 2.45) is 0 Å². The summed E-state index contributed by atoms with van der Waals surface area (Å²) in [6.07, 6.45) is 10.8. The lowest BCUT2D eigenvalue weighted by atomic mass is 10.0. The monoisotopic (exact) mass is 256 g/mol. The van der Waals surface area contributed by atoms with Crippen LogP contribution < -0.4 is 0 Å². The van der Waals surface area contributed by atoms with Gasteiger partial charge < -0.3 is 9.47 Å². The van der Waals surface area contributed by atoms with E-state index in [1.165, 1.54) is 20.3 Å². The van der Waals surface area contributed by atoms with Crippen molar-refractivity contribution in [2.75, 3.05) is 14.2 Å². The zero-order valence-corrected chi connectivity index (χ0v) is 10.8. The van der Waals surface area contributed by atoms with Gasteiger partial charge in [0.2, 0.25) is 5.79 Å². The Hall–Kier alpha value is -1.35. The van der Waals surface area contributed by atoms with Crippen molar-refractivity contribution in [2.45, 2.75) is 37.9 Å². The summed E-state index contributed by atoms with van der Waals surface area (Å²) in [5.41, 5.74) is 0. The fraction of sp³-hybridized carbons (Fsp3) is 0.615. The van der Waals surface area contributed by atoms with E-state index in [4.69, 9.17) is 16.4 Å². The summed E-state index contributed by atoms with van der Waals surface area (Å²) in [4.78, 5) is 15.3. The summed E-state index contributed by atoms with van der Waals surface area (Å²) < 4.78 is 9.63. The van der Waals surface area contributed by atoms with Crippen LogP contribution in [0.25, 0.3) is 0 Å². The molecule has 18 heavy (non-hydrogen) atoms. The predicted octanol–water partition coefficient (Wildman–Crippen LogP) is 2.13. The van der Waals surface area contributed by atoms with Crippen LogP contribution in [0, 0.1) is 12.3 Å². The van der Waals surface area contributed by atoms with E-state index < -0.39 is 11.8 Å². The molecule has 0 saturated carbocycles. The molecule has 0 aromatic carbocycles. The van der Waals surface area contributed by atoms with Crippen LogP contribution >= 0.6 is 0 Å². The van der Waals surface area contributed by atoms with Crippen LogP contribution in [-0.4, -0.2) is 31.2 Å². The molecule has 0 heterocycles. The number of ether oxygens (including phenoxy) is 2. The summed E-state index contributed by atoms with van der Waals surface area (Å²) in [6.45, 7) is 0. The Balaban J connectivity index is 4.21. The second kappa shape index (κ2) is 9.66. The lowest BCUT2D eigenvalue weighted by Crippen LogP contribution is -2.33.